The van der Waals surface area contributed by atoms with Gasteiger partial charge in [-0.1, -0.05) is 17.7 Å². The van der Waals surface area contributed by atoms with Crippen LogP contribution in [0.5, 0.6) is 5.75 Å². The van der Waals surface area contributed by atoms with Crippen molar-refractivity contribution in [2.75, 3.05) is 39.4 Å². The van der Waals surface area contributed by atoms with Crippen molar-refractivity contribution in [1.82, 2.24) is 9.80 Å². The van der Waals surface area contributed by atoms with Gasteiger partial charge in [-0.15, -0.1) is 11.3 Å². The number of rotatable bonds is 9. The Bertz CT molecular complexity index is 876. The number of carbonyl (C=O) groups excluding carboxylic acids is 1. The van der Waals surface area contributed by atoms with E-state index < -0.39 is 6.10 Å². The topological polar surface area (TPSA) is 62.2 Å². The maximum Gasteiger partial charge on any atom is 0.237 e. The lowest BCUT2D eigenvalue weighted by molar-refractivity contribution is -0.136. The average Bonchev–Trinajstić information content (AvgIpc) is 3.44. The maximum absolute atomic E-state index is 13.5. The molecule has 0 radical (unpaired) electrons. The minimum atomic E-state index is -0.491. The molecule has 1 amide bonds. The molecular weight excluding hydrogens is 424 g/mol. The summed E-state index contributed by atoms with van der Waals surface area (Å²) in [6.45, 7) is 7.16. The second-order valence-electron chi connectivity index (χ2n) is 8.95. The summed E-state index contributed by atoms with van der Waals surface area (Å²) in [6.07, 6.45) is 2.61. The highest BCUT2D eigenvalue weighted by atomic mass is 32.1. The Morgan fingerprint density at radius 3 is 2.88 bits per heavy atom. The van der Waals surface area contributed by atoms with Crippen molar-refractivity contribution in [3.8, 4) is 5.75 Å². The van der Waals surface area contributed by atoms with Crippen molar-refractivity contribution in [2.45, 2.75) is 51.4 Å². The first-order chi connectivity index (χ1) is 15.5. The Kier molecular flexibility index (Phi) is 7.84. The van der Waals surface area contributed by atoms with E-state index in [1.165, 1.54) is 16.0 Å². The molecule has 4 rings (SSSR count). The van der Waals surface area contributed by atoms with Gasteiger partial charge in [0.1, 0.15) is 12.4 Å². The van der Waals surface area contributed by atoms with Crippen LogP contribution in [0.2, 0.25) is 0 Å². The van der Waals surface area contributed by atoms with Gasteiger partial charge in [-0.3, -0.25) is 9.69 Å². The molecule has 7 heteroatoms. The molecule has 2 aliphatic rings. The van der Waals surface area contributed by atoms with Gasteiger partial charge in [0, 0.05) is 31.1 Å². The number of carbonyl (C=O) groups is 1. The van der Waals surface area contributed by atoms with Crippen LogP contribution in [0.15, 0.2) is 35.7 Å². The van der Waals surface area contributed by atoms with Crippen LogP contribution in [-0.2, 0) is 16.0 Å². The second-order valence-corrected chi connectivity index (χ2v) is 9.95. The Hall–Kier alpha value is -1.93. The molecule has 1 aromatic heterocycles. The summed E-state index contributed by atoms with van der Waals surface area (Å²) in [5, 5.41) is 12.1. The maximum atomic E-state index is 13.5. The molecule has 1 saturated heterocycles. The number of aliphatic hydroxyl groups is 1. The quantitative estimate of drug-likeness (QED) is 0.624. The third-order valence-corrected chi connectivity index (χ3v) is 7.21. The summed E-state index contributed by atoms with van der Waals surface area (Å²) < 4.78 is 11.9. The molecule has 174 valence electrons. The lowest BCUT2D eigenvalue weighted by Gasteiger charge is -2.37. The van der Waals surface area contributed by atoms with Crippen molar-refractivity contribution in [3.63, 3.8) is 0 Å². The lowest BCUT2D eigenvalue weighted by atomic mass is 10.0. The monoisotopic (exact) mass is 458 g/mol. The van der Waals surface area contributed by atoms with Crippen molar-refractivity contribution in [3.05, 3.63) is 51.7 Å². The lowest BCUT2D eigenvalue weighted by Crippen LogP contribution is -2.48. The summed E-state index contributed by atoms with van der Waals surface area (Å²) in [7, 11) is 0. The average molecular weight is 459 g/mol. The molecule has 0 aliphatic carbocycles. The van der Waals surface area contributed by atoms with Crippen LogP contribution in [0.3, 0.4) is 0 Å². The third-order valence-electron chi connectivity index (χ3n) is 6.21. The van der Waals surface area contributed by atoms with Crippen LogP contribution in [0.4, 0.5) is 0 Å². The number of nitrogens with zero attached hydrogens (tertiary/aromatic N) is 2. The highest BCUT2D eigenvalue weighted by Gasteiger charge is 2.33. The normalized spacial score (nSPS) is 21.6. The van der Waals surface area contributed by atoms with Crippen LogP contribution >= 0.6 is 11.3 Å². The molecule has 0 unspecified atom stereocenters. The van der Waals surface area contributed by atoms with Crippen LogP contribution < -0.4 is 4.74 Å². The van der Waals surface area contributed by atoms with Crippen molar-refractivity contribution >= 4 is 17.2 Å². The number of hydrogen-bond donors (Lipinski definition) is 1. The number of hydrogen-bond acceptors (Lipinski definition) is 6. The molecule has 3 heterocycles. The first-order valence-electron chi connectivity index (χ1n) is 11.6. The van der Waals surface area contributed by atoms with Crippen LogP contribution in [-0.4, -0.2) is 72.4 Å². The van der Waals surface area contributed by atoms with Gasteiger partial charge in [0.15, 0.2) is 0 Å². The number of thiophene rings is 1. The molecule has 0 spiro atoms. The summed E-state index contributed by atoms with van der Waals surface area (Å²) in [6, 6.07) is 10.1. The van der Waals surface area contributed by atoms with Crippen molar-refractivity contribution in [1.29, 1.82) is 0 Å². The van der Waals surface area contributed by atoms with Crippen LogP contribution in [0, 0.1) is 6.92 Å². The van der Waals surface area contributed by atoms with Crippen molar-refractivity contribution in [2.24, 2.45) is 0 Å². The highest BCUT2D eigenvalue weighted by Crippen LogP contribution is 2.34. The third kappa shape index (κ3) is 5.90. The van der Waals surface area contributed by atoms with E-state index in [-0.39, 0.29) is 24.6 Å². The van der Waals surface area contributed by atoms with Gasteiger partial charge < -0.3 is 19.5 Å². The number of fused-ring (bicyclic) bond motifs is 1. The van der Waals surface area contributed by atoms with E-state index in [1.807, 2.05) is 34.1 Å². The standard InChI is InChI=1S/C25H34N2O4S/c1-18-5-7-20(8-6-18)31-17-23-22-10-13-32-24(22)9-11-27(23)25(29)16-26(14-19(2)28)15-21-4-3-12-30-21/h5-8,10,13,19,21,23,28H,3-4,9,11-12,14-17H2,1-2H3/t19-,21-,23-/m1/s1. The van der Waals surface area contributed by atoms with E-state index in [0.29, 0.717) is 26.2 Å². The molecular formula is C25H34N2O4S. The predicted molar refractivity (Wildman–Crippen MR) is 126 cm³/mol. The second kappa shape index (κ2) is 10.8. The van der Waals surface area contributed by atoms with Gasteiger partial charge in [-0.25, -0.2) is 0 Å². The predicted octanol–water partition coefficient (Wildman–Crippen LogP) is 3.42. The SMILES string of the molecule is Cc1ccc(OC[C@@H]2c3ccsc3CCN2C(=O)CN(C[C@H]2CCCO2)C[C@@H](C)O)cc1. The van der Waals surface area contributed by atoms with Gasteiger partial charge in [-0.2, -0.15) is 0 Å². The number of aliphatic hydroxyl groups excluding tert-OH is 1. The molecule has 0 bridgehead atoms. The van der Waals surface area contributed by atoms with E-state index in [9.17, 15) is 9.90 Å². The van der Waals surface area contributed by atoms with E-state index in [1.54, 1.807) is 18.3 Å². The molecule has 1 N–H and O–H groups in total. The first kappa shape index (κ1) is 23.2. The van der Waals surface area contributed by atoms with Gasteiger partial charge >= 0.3 is 0 Å². The van der Waals surface area contributed by atoms with E-state index in [4.69, 9.17) is 9.47 Å². The minimum absolute atomic E-state index is 0.0815. The van der Waals surface area contributed by atoms with E-state index >= 15 is 0 Å². The molecule has 2 aliphatic heterocycles. The Morgan fingerprint density at radius 2 is 2.16 bits per heavy atom. The fraction of sp³-hybridized carbons (Fsp3) is 0.560. The number of amides is 1. The summed E-state index contributed by atoms with van der Waals surface area (Å²) in [5.74, 6) is 0.900. The summed E-state index contributed by atoms with van der Waals surface area (Å²) in [4.78, 5) is 18.8. The molecule has 1 aromatic carbocycles. The smallest absolute Gasteiger partial charge is 0.237 e. The fourth-order valence-corrected chi connectivity index (χ4v) is 5.55. The molecule has 0 saturated carbocycles. The Balaban J connectivity index is 1.45. The van der Waals surface area contributed by atoms with Crippen LogP contribution in [0.25, 0.3) is 0 Å². The Morgan fingerprint density at radius 1 is 1.34 bits per heavy atom. The minimum Gasteiger partial charge on any atom is -0.491 e. The zero-order valence-corrected chi connectivity index (χ0v) is 19.9. The summed E-state index contributed by atoms with van der Waals surface area (Å²) >= 11 is 1.76. The molecule has 6 nitrogen and oxygen atoms in total. The van der Waals surface area contributed by atoms with E-state index in [0.717, 1.165) is 31.6 Å². The highest BCUT2D eigenvalue weighted by molar-refractivity contribution is 7.10. The zero-order valence-electron chi connectivity index (χ0n) is 19.0. The van der Waals surface area contributed by atoms with Gasteiger partial charge in [0.05, 0.1) is 24.8 Å². The molecule has 3 atom stereocenters. The Labute approximate surface area is 194 Å². The van der Waals surface area contributed by atoms with Crippen molar-refractivity contribution < 1.29 is 19.4 Å². The summed E-state index contributed by atoms with van der Waals surface area (Å²) in [5.41, 5.74) is 2.39. The van der Waals surface area contributed by atoms with Crippen LogP contribution in [0.1, 0.15) is 41.8 Å². The molecule has 32 heavy (non-hydrogen) atoms. The van der Waals surface area contributed by atoms with Gasteiger partial charge in [0.25, 0.3) is 0 Å². The van der Waals surface area contributed by atoms with Gasteiger partial charge in [-0.05, 0) is 62.3 Å². The number of aryl methyl sites for hydroxylation is 1. The molecule has 2 aromatic rings. The number of benzene rings is 1. The first-order valence-corrected chi connectivity index (χ1v) is 12.4. The largest absolute Gasteiger partial charge is 0.491 e. The fourth-order valence-electron chi connectivity index (χ4n) is 4.62. The van der Waals surface area contributed by atoms with E-state index in [2.05, 4.69) is 18.4 Å². The zero-order chi connectivity index (χ0) is 22.5. The number of ether oxygens (including phenoxy) is 2. The van der Waals surface area contributed by atoms with Gasteiger partial charge in [0.2, 0.25) is 5.91 Å². The molecule has 1 fully saturated rings.